The quantitative estimate of drug-likeness (QED) is 0.668. The standard InChI is InChI=1S/C21H20N4OS/c26-21(11-8-18-7-4-14-27-18)22-17-6-3-5-16(15-17)19-9-10-20(24-23-19)25-12-1-2-13-25/h3-11,14-15H,1-2,12-13H2,(H,22,26)/b11-8+. The number of anilines is 2. The zero-order chi connectivity index (χ0) is 18.5. The Morgan fingerprint density at radius 3 is 2.70 bits per heavy atom. The maximum absolute atomic E-state index is 12.1. The molecule has 4 rings (SSSR count). The second-order valence-corrected chi connectivity index (χ2v) is 7.37. The van der Waals surface area contributed by atoms with Crippen molar-refractivity contribution in [2.75, 3.05) is 23.3 Å². The molecule has 3 aromatic rings. The smallest absolute Gasteiger partial charge is 0.248 e. The van der Waals surface area contributed by atoms with Crippen LogP contribution in [-0.2, 0) is 4.79 Å². The molecule has 0 radical (unpaired) electrons. The molecule has 1 amide bonds. The van der Waals surface area contributed by atoms with E-state index in [-0.39, 0.29) is 5.91 Å². The predicted molar refractivity (Wildman–Crippen MR) is 111 cm³/mol. The van der Waals surface area contributed by atoms with E-state index in [4.69, 9.17) is 0 Å². The van der Waals surface area contributed by atoms with Crippen molar-refractivity contribution in [1.29, 1.82) is 0 Å². The van der Waals surface area contributed by atoms with Crippen LogP contribution in [-0.4, -0.2) is 29.2 Å². The van der Waals surface area contributed by atoms with Crippen molar-refractivity contribution < 1.29 is 4.79 Å². The number of hydrogen-bond acceptors (Lipinski definition) is 5. The van der Waals surface area contributed by atoms with Gasteiger partial charge in [-0.1, -0.05) is 18.2 Å². The van der Waals surface area contributed by atoms with Crippen molar-refractivity contribution in [1.82, 2.24) is 10.2 Å². The molecule has 1 N–H and O–H groups in total. The molecule has 1 saturated heterocycles. The van der Waals surface area contributed by atoms with Crippen LogP contribution in [0.15, 0.2) is 60.0 Å². The molecule has 27 heavy (non-hydrogen) atoms. The summed E-state index contributed by atoms with van der Waals surface area (Å²) in [5.41, 5.74) is 2.46. The second-order valence-electron chi connectivity index (χ2n) is 6.39. The molecule has 0 atom stereocenters. The lowest BCUT2D eigenvalue weighted by Gasteiger charge is -2.15. The molecule has 2 aromatic heterocycles. The highest BCUT2D eigenvalue weighted by Gasteiger charge is 2.14. The number of thiophene rings is 1. The number of carbonyl (C=O) groups excluding carboxylic acids is 1. The average molecular weight is 376 g/mol. The summed E-state index contributed by atoms with van der Waals surface area (Å²) in [6.07, 6.45) is 5.79. The minimum absolute atomic E-state index is 0.156. The highest BCUT2D eigenvalue weighted by molar-refractivity contribution is 7.10. The summed E-state index contributed by atoms with van der Waals surface area (Å²) in [6, 6.07) is 15.6. The van der Waals surface area contributed by atoms with Gasteiger partial charge in [0.2, 0.25) is 5.91 Å². The fraction of sp³-hybridized carbons (Fsp3) is 0.190. The van der Waals surface area contributed by atoms with Crippen LogP contribution in [0.3, 0.4) is 0 Å². The zero-order valence-corrected chi connectivity index (χ0v) is 15.7. The summed E-state index contributed by atoms with van der Waals surface area (Å²) >= 11 is 1.60. The Morgan fingerprint density at radius 2 is 1.96 bits per heavy atom. The number of carbonyl (C=O) groups is 1. The van der Waals surface area contributed by atoms with Gasteiger partial charge in [0.1, 0.15) is 0 Å². The van der Waals surface area contributed by atoms with Crippen LogP contribution in [0, 0.1) is 0 Å². The largest absolute Gasteiger partial charge is 0.355 e. The van der Waals surface area contributed by atoms with Gasteiger partial charge >= 0.3 is 0 Å². The van der Waals surface area contributed by atoms with Crippen LogP contribution in [0.1, 0.15) is 17.7 Å². The molecule has 5 nitrogen and oxygen atoms in total. The molecule has 0 unspecified atom stereocenters. The summed E-state index contributed by atoms with van der Waals surface area (Å²) < 4.78 is 0. The first-order valence-electron chi connectivity index (χ1n) is 9.00. The zero-order valence-electron chi connectivity index (χ0n) is 14.8. The lowest BCUT2D eigenvalue weighted by atomic mass is 10.1. The Balaban J connectivity index is 1.44. The summed E-state index contributed by atoms with van der Waals surface area (Å²) in [5, 5.41) is 13.6. The monoisotopic (exact) mass is 376 g/mol. The first-order valence-corrected chi connectivity index (χ1v) is 9.87. The summed E-state index contributed by atoms with van der Waals surface area (Å²) in [6.45, 7) is 2.10. The lowest BCUT2D eigenvalue weighted by Crippen LogP contribution is -2.19. The molecule has 1 aliphatic rings. The lowest BCUT2D eigenvalue weighted by molar-refractivity contribution is -0.111. The molecule has 0 bridgehead atoms. The van der Waals surface area contributed by atoms with Crippen molar-refractivity contribution in [2.24, 2.45) is 0 Å². The Hall–Kier alpha value is -2.99. The van der Waals surface area contributed by atoms with E-state index < -0.39 is 0 Å². The van der Waals surface area contributed by atoms with Crippen molar-refractivity contribution in [3.63, 3.8) is 0 Å². The topological polar surface area (TPSA) is 58.1 Å². The molecule has 0 saturated carbocycles. The van der Waals surface area contributed by atoms with Crippen LogP contribution in [0.2, 0.25) is 0 Å². The second kappa shape index (κ2) is 8.14. The van der Waals surface area contributed by atoms with Gasteiger partial charge in [-0.2, -0.15) is 0 Å². The van der Waals surface area contributed by atoms with Crippen LogP contribution < -0.4 is 10.2 Å². The first kappa shape index (κ1) is 17.4. The van der Waals surface area contributed by atoms with E-state index in [1.165, 1.54) is 12.8 Å². The number of benzene rings is 1. The third kappa shape index (κ3) is 4.41. The maximum Gasteiger partial charge on any atom is 0.248 e. The molecule has 6 heteroatoms. The normalized spacial score (nSPS) is 14.0. The summed E-state index contributed by atoms with van der Waals surface area (Å²) in [4.78, 5) is 15.4. The SMILES string of the molecule is O=C(/C=C/c1cccs1)Nc1cccc(-c2ccc(N3CCCC3)nn2)c1. The molecular weight excluding hydrogens is 356 g/mol. The molecule has 0 aliphatic carbocycles. The van der Waals surface area contributed by atoms with Crippen molar-refractivity contribution in [3.8, 4) is 11.3 Å². The summed E-state index contributed by atoms with van der Waals surface area (Å²) in [5.74, 6) is 0.774. The Labute approximate surface area is 162 Å². The van der Waals surface area contributed by atoms with E-state index in [1.54, 1.807) is 17.4 Å². The number of amides is 1. The Bertz CT molecular complexity index is 929. The molecule has 0 spiro atoms. The third-order valence-corrected chi connectivity index (χ3v) is 5.29. The van der Waals surface area contributed by atoms with Crippen molar-refractivity contribution >= 4 is 34.8 Å². The number of rotatable bonds is 5. The van der Waals surface area contributed by atoms with E-state index in [9.17, 15) is 4.79 Å². The van der Waals surface area contributed by atoms with E-state index in [0.29, 0.717) is 0 Å². The minimum atomic E-state index is -0.156. The van der Waals surface area contributed by atoms with Crippen LogP contribution in [0.4, 0.5) is 11.5 Å². The van der Waals surface area contributed by atoms with E-state index in [0.717, 1.165) is 40.7 Å². The van der Waals surface area contributed by atoms with Gasteiger partial charge in [-0.25, -0.2) is 0 Å². The van der Waals surface area contributed by atoms with Gasteiger partial charge in [-0.05, 0) is 54.6 Å². The average Bonchev–Trinajstić information content (AvgIpc) is 3.41. The first-order chi connectivity index (χ1) is 13.3. The number of nitrogens with zero attached hydrogens (tertiary/aromatic N) is 3. The van der Waals surface area contributed by atoms with Crippen LogP contribution in [0.25, 0.3) is 17.3 Å². The molecule has 1 aliphatic heterocycles. The molecular formula is C21H20N4OS. The van der Waals surface area contributed by atoms with Gasteiger partial charge in [0.15, 0.2) is 5.82 Å². The Morgan fingerprint density at radius 1 is 1.07 bits per heavy atom. The molecule has 3 heterocycles. The number of aromatic nitrogens is 2. The highest BCUT2D eigenvalue weighted by atomic mass is 32.1. The van der Waals surface area contributed by atoms with E-state index in [1.807, 2.05) is 60.0 Å². The van der Waals surface area contributed by atoms with Gasteiger partial charge in [0, 0.05) is 35.3 Å². The minimum Gasteiger partial charge on any atom is -0.355 e. The van der Waals surface area contributed by atoms with Crippen LogP contribution >= 0.6 is 11.3 Å². The molecule has 1 aromatic carbocycles. The number of hydrogen-bond donors (Lipinski definition) is 1. The van der Waals surface area contributed by atoms with Crippen molar-refractivity contribution in [3.05, 3.63) is 64.9 Å². The van der Waals surface area contributed by atoms with Crippen LogP contribution in [0.5, 0.6) is 0 Å². The fourth-order valence-corrected chi connectivity index (χ4v) is 3.70. The van der Waals surface area contributed by atoms with E-state index >= 15 is 0 Å². The van der Waals surface area contributed by atoms with Crippen molar-refractivity contribution in [2.45, 2.75) is 12.8 Å². The van der Waals surface area contributed by atoms with E-state index in [2.05, 4.69) is 20.4 Å². The highest BCUT2D eigenvalue weighted by Crippen LogP contribution is 2.23. The van der Waals surface area contributed by atoms with Gasteiger partial charge in [-0.15, -0.1) is 21.5 Å². The predicted octanol–water partition coefficient (Wildman–Crippen LogP) is 4.46. The molecule has 136 valence electrons. The van der Waals surface area contributed by atoms with Gasteiger partial charge in [-0.3, -0.25) is 4.79 Å². The van der Waals surface area contributed by atoms with Gasteiger partial charge in [0.05, 0.1) is 5.69 Å². The maximum atomic E-state index is 12.1. The Kier molecular flexibility index (Phi) is 5.25. The van der Waals surface area contributed by atoms with Gasteiger partial charge in [0.25, 0.3) is 0 Å². The number of nitrogens with one attached hydrogen (secondary N) is 1. The summed E-state index contributed by atoms with van der Waals surface area (Å²) in [7, 11) is 0. The fourth-order valence-electron chi connectivity index (χ4n) is 3.08. The third-order valence-electron chi connectivity index (χ3n) is 4.45. The van der Waals surface area contributed by atoms with Gasteiger partial charge < -0.3 is 10.2 Å². The molecule has 1 fully saturated rings.